The molecule has 2 N–H and O–H groups in total. The first-order chi connectivity index (χ1) is 12.2. The zero-order valence-corrected chi connectivity index (χ0v) is 16.2. The average molecular weight is 396 g/mol. The Morgan fingerprint density at radius 2 is 1.58 bits per heavy atom. The Hall–Kier alpha value is -1.73. The van der Waals surface area contributed by atoms with E-state index in [1.807, 2.05) is 12.1 Å². The normalized spacial score (nSPS) is 13.4. The molecule has 2 aromatic carbocycles. The zero-order chi connectivity index (χ0) is 19.4. The van der Waals surface area contributed by atoms with Crippen molar-refractivity contribution in [1.29, 1.82) is 0 Å². The van der Waals surface area contributed by atoms with Crippen LogP contribution in [-0.4, -0.2) is 32.5 Å². The largest absolute Gasteiger partial charge is 0.396 e. The predicted octanol–water partition coefficient (Wildman–Crippen LogP) is 3.26. The Kier molecular flexibility index (Phi) is 6.58. The molecule has 0 aromatic heterocycles. The van der Waals surface area contributed by atoms with E-state index in [9.17, 15) is 18.3 Å². The van der Waals surface area contributed by atoms with E-state index in [1.165, 1.54) is 12.1 Å². The van der Waals surface area contributed by atoms with E-state index < -0.39 is 21.5 Å². The quantitative estimate of drug-likeness (QED) is 0.672. The first-order valence-electron chi connectivity index (χ1n) is 8.11. The number of aliphatic hydroxyl groups is 1. The van der Waals surface area contributed by atoms with Crippen molar-refractivity contribution in [1.82, 2.24) is 4.72 Å². The molecular weight excluding hydrogens is 374 g/mol. The van der Waals surface area contributed by atoms with Crippen LogP contribution >= 0.6 is 11.6 Å². The van der Waals surface area contributed by atoms with Gasteiger partial charge in [-0.1, -0.05) is 49.7 Å². The number of hydrogen-bond acceptors (Lipinski definition) is 4. The third kappa shape index (κ3) is 5.38. The van der Waals surface area contributed by atoms with Gasteiger partial charge in [-0.2, -0.15) is 0 Å². The molecule has 1 unspecified atom stereocenters. The molecule has 0 bridgehead atoms. The average Bonchev–Trinajstić information content (AvgIpc) is 2.61. The summed E-state index contributed by atoms with van der Waals surface area (Å²) in [6.45, 7) is 3.38. The number of benzene rings is 2. The van der Waals surface area contributed by atoms with E-state index in [-0.39, 0.29) is 17.9 Å². The number of halogens is 1. The number of aliphatic hydroxyl groups excluding tert-OH is 1. The van der Waals surface area contributed by atoms with Crippen LogP contribution in [0, 0.1) is 5.41 Å². The summed E-state index contributed by atoms with van der Waals surface area (Å²) >= 11 is 5.87. The maximum absolute atomic E-state index is 12.5. The second-order valence-corrected chi connectivity index (χ2v) is 9.07. The summed E-state index contributed by atoms with van der Waals surface area (Å²) in [4.78, 5) is 11.3. The third-order valence-corrected chi connectivity index (χ3v) is 5.77. The lowest BCUT2D eigenvalue weighted by molar-refractivity contribution is -0.110. The summed E-state index contributed by atoms with van der Waals surface area (Å²) in [7, 11) is -3.84. The monoisotopic (exact) mass is 395 g/mol. The maximum atomic E-state index is 12.5. The van der Waals surface area contributed by atoms with Gasteiger partial charge in [-0.3, -0.25) is 0 Å². The van der Waals surface area contributed by atoms with Crippen LogP contribution in [0.5, 0.6) is 0 Å². The van der Waals surface area contributed by atoms with E-state index in [0.717, 1.165) is 11.1 Å². The SMILES string of the molecule is CC(C)(CO)CC(C=O)NS(=O)(=O)c1ccc(-c2ccc(Cl)cc2)cc1. The van der Waals surface area contributed by atoms with Gasteiger partial charge >= 0.3 is 0 Å². The molecule has 0 aliphatic carbocycles. The molecule has 7 heteroatoms. The highest BCUT2D eigenvalue weighted by Gasteiger charge is 2.26. The van der Waals surface area contributed by atoms with E-state index in [2.05, 4.69) is 4.72 Å². The first kappa shape index (κ1) is 20.6. The maximum Gasteiger partial charge on any atom is 0.241 e. The Morgan fingerprint density at radius 1 is 1.08 bits per heavy atom. The van der Waals surface area contributed by atoms with Gasteiger partial charge in [0, 0.05) is 11.6 Å². The van der Waals surface area contributed by atoms with Gasteiger partial charge in [0.25, 0.3) is 0 Å². The smallest absolute Gasteiger partial charge is 0.241 e. The number of hydrogen-bond donors (Lipinski definition) is 2. The summed E-state index contributed by atoms with van der Waals surface area (Å²) in [6, 6.07) is 12.7. The van der Waals surface area contributed by atoms with Crippen LogP contribution in [0.4, 0.5) is 0 Å². The molecule has 26 heavy (non-hydrogen) atoms. The van der Waals surface area contributed by atoms with Crippen molar-refractivity contribution in [2.75, 3.05) is 6.61 Å². The highest BCUT2D eigenvalue weighted by atomic mass is 35.5. The summed E-state index contributed by atoms with van der Waals surface area (Å²) in [6.07, 6.45) is 0.756. The second kappa shape index (κ2) is 8.31. The third-order valence-electron chi connectivity index (χ3n) is 4.01. The van der Waals surface area contributed by atoms with Crippen molar-refractivity contribution in [3.8, 4) is 11.1 Å². The molecule has 0 spiro atoms. The second-order valence-electron chi connectivity index (χ2n) is 6.92. The van der Waals surface area contributed by atoms with Gasteiger partial charge in [-0.05, 0) is 47.2 Å². The van der Waals surface area contributed by atoms with E-state index in [4.69, 9.17) is 11.6 Å². The fourth-order valence-corrected chi connectivity index (χ4v) is 3.81. The minimum absolute atomic E-state index is 0.0730. The lowest BCUT2D eigenvalue weighted by atomic mass is 9.87. The van der Waals surface area contributed by atoms with Crippen molar-refractivity contribution in [3.63, 3.8) is 0 Å². The fraction of sp³-hybridized carbons (Fsp3) is 0.316. The Morgan fingerprint density at radius 3 is 2.04 bits per heavy atom. The number of aldehydes is 1. The Balaban J connectivity index is 2.18. The minimum atomic E-state index is -3.84. The summed E-state index contributed by atoms with van der Waals surface area (Å²) in [5, 5.41) is 9.94. The van der Waals surface area contributed by atoms with Gasteiger partial charge < -0.3 is 9.90 Å². The number of carbonyl (C=O) groups is 1. The van der Waals surface area contributed by atoms with Crippen LogP contribution in [0.25, 0.3) is 11.1 Å². The predicted molar refractivity (Wildman–Crippen MR) is 103 cm³/mol. The molecule has 0 aliphatic rings. The molecular formula is C19H22ClNO4S. The van der Waals surface area contributed by atoms with Gasteiger partial charge in [0.2, 0.25) is 10.0 Å². The molecule has 0 heterocycles. The lowest BCUT2D eigenvalue weighted by Crippen LogP contribution is -2.39. The Labute approximate surface area is 159 Å². The molecule has 2 aromatic rings. The van der Waals surface area contributed by atoms with Crippen LogP contribution in [0.15, 0.2) is 53.4 Å². The zero-order valence-electron chi connectivity index (χ0n) is 14.6. The van der Waals surface area contributed by atoms with Gasteiger partial charge in [0.15, 0.2) is 0 Å². The summed E-state index contributed by atoms with van der Waals surface area (Å²) < 4.78 is 27.4. The lowest BCUT2D eigenvalue weighted by Gasteiger charge is -2.25. The Bertz CT molecular complexity index is 846. The van der Waals surface area contributed by atoms with Gasteiger partial charge in [-0.25, -0.2) is 13.1 Å². The van der Waals surface area contributed by atoms with E-state index in [1.54, 1.807) is 38.1 Å². The molecule has 0 saturated carbocycles. The highest BCUT2D eigenvalue weighted by Crippen LogP contribution is 2.24. The van der Waals surface area contributed by atoms with Crippen LogP contribution in [0.2, 0.25) is 5.02 Å². The molecule has 0 radical (unpaired) electrons. The fourth-order valence-electron chi connectivity index (χ4n) is 2.51. The molecule has 0 fully saturated rings. The first-order valence-corrected chi connectivity index (χ1v) is 9.97. The molecule has 0 aliphatic heterocycles. The summed E-state index contributed by atoms with van der Waals surface area (Å²) in [5.41, 5.74) is 1.21. The minimum Gasteiger partial charge on any atom is -0.396 e. The van der Waals surface area contributed by atoms with Crippen molar-refractivity contribution >= 4 is 27.9 Å². The number of rotatable bonds is 8. The standard InChI is InChI=1S/C19H22ClNO4S/c1-19(2,13-23)11-17(12-22)21-26(24,25)18-9-5-15(6-10-18)14-3-7-16(20)8-4-14/h3-10,12,17,21,23H,11,13H2,1-2H3. The number of sulfonamides is 1. The topological polar surface area (TPSA) is 83.5 Å². The molecule has 0 saturated heterocycles. The van der Waals surface area contributed by atoms with Gasteiger partial charge in [-0.15, -0.1) is 0 Å². The van der Waals surface area contributed by atoms with Crippen molar-refractivity contribution in [2.24, 2.45) is 5.41 Å². The van der Waals surface area contributed by atoms with Crippen LogP contribution in [0.3, 0.4) is 0 Å². The van der Waals surface area contributed by atoms with Crippen LogP contribution < -0.4 is 4.72 Å². The summed E-state index contributed by atoms with van der Waals surface area (Å²) in [5.74, 6) is 0. The molecule has 1 atom stereocenters. The van der Waals surface area contributed by atoms with Crippen LogP contribution in [0.1, 0.15) is 20.3 Å². The molecule has 140 valence electrons. The molecule has 5 nitrogen and oxygen atoms in total. The van der Waals surface area contributed by atoms with E-state index in [0.29, 0.717) is 11.3 Å². The van der Waals surface area contributed by atoms with Crippen molar-refractivity contribution in [2.45, 2.75) is 31.2 Å². The highest BCUT2D eigenvalue weighted by molar-refractivity contribution is 7.89. The van der Waals surface area contributed by atoms with Gasteiger partial charge in [0.1, 0.15) is 6.29 Å². The van der Waals surface area contributed by atoms with Gasteiger partial charge in [0.05, 0.1) is 10.9 Å². The van der Waals surface area contributed by atoms with Crippen molar-refractivity contribution in [3.05, 3.63) is 53.6 Å². The van der Waals surface area contributed by atoms with Crippen molar-refractivity contribution < 1.29 is 18.3 Å². The number of carbonyl (C=O) groups excluding carboxylic acids is 1. The molecule has 2 rings (SSSR count). The molecule has 0 amide bonds. The number of nitrogens with one attached hydrogen (secondary N) is 1. The van der Waals surface area contributed by atoms with Crippen LogP contribution in [-0.2, 0) is 14.8 Å². The van der Waals surface area contributed by atoms with E-state index >= 15 is 0 Å².